The van der Waals surface area contributed by atoms with Crippen molar-refractivity contribution < 1.29 is 4.79 Å². The molecule has 1 aromatic rings. The maximum atomic E-state index is 12.1. The number of carbonyl (C=O) groups is 1. The molecule has 1 aliphatic rings. The van der Waals surface area contributed by atoms with Gasteiger partial charge in [-0.3, -0.25) is 10.1 Å². The van der Waals surface area contributed by atoms with Gasteiger partial charge in [-0.1, -0.05) is 56.9 Å². The minimum atomic E-state index is -0.771. The van der Waals surface area contributed by atoms with E-state index in [0.717, 1.165) is 31.2 Å². The van der Waals surface area contributed by atoms with Crippen molar-refractivity contribution in [3.05, 3.63) is 35.4 Å². The molecule has 3 N–H and O–H groups in total. The molecule has 0 aromatic heterocycles. The molecule has 116 valence electrons. The number of benzene rings is 1. The van der Waals surface area contributed by atoms with Crippen molar-refractivity contribution in [2.24, 2.45) is 5.73 Å². The van der Waals surface area contributed by atoms with Crippen molar-refractivity contribution in [2.75, 3.05) is 0 Å². The fraction of sp³-hybridized carbons (Fsp3) is 0.611. The van der Waals surface area contributed by atoms with Crippen LogP contribution in [-0.4, -0.2) is 11.9 Å². The Morgan fingerprint density at radius 2 is 1.86 bits per heavy atom. The third kappa shape index (κ3) is 3.85. The lowest BCUT2D eigenvalue weighted by Crippen LogP contribution is -2.54. The molecule has 0 radical (unpaired) electrons. The summed E-state index contributed by atoms with van der Waals surface area (Å²) >= 11 is 0. The number of rotatable bonds is 6. The van der Waals surface area contributed by atoms with Crippen LogP contribution in [0.1, 0.15) is 63.5 Å². The van der Waals surface area contributed by atoms with E-state index in [-0.39, 0.29) is 5.91 Å². The molecule has 3 nitrogen and oxygen atoms in total. The van der Waals surface area contributed by atoms with Gasteiger partial charge < -0.3 is 5.73 Å². The first-order valence-corrected chi connectivity index (χ1v) is 8.23. The van der Waals surface area contributed by atoms with Gasteiger partial charge in [0.25, 0.3) is 0 Å². The number of carbonyl (C=O) groups excluding carboxylic acids is 1. The van der Waals surface area contributed by atoms with E-state index in [9.17, 15) is 4.79 Å². The van der Waals surface area contributed by atoms with E-state index in [1.807, 2.05) is 19.1 Å². The number of primary amides is 1. The lowest BCUT2D eigenvalue weighted by atomic mass is 9.86. The lowest BCUT2D eigenvalue weighted by molar-refractivity contribution is -0.124. The van der Waals surface area contributed by atoms with E-state index < -0.39 is 5.54 Å². The second-order valence-electron chi connectivity index (χ2n) is 6.42. The maximum absolute atomic E-state index is 12.1. The normalized spacial score (nSPS) is 19.1. The first-order valence-electron chi connectivity index (χ1n) is 8.23. The summed E-state index contributed by atoms with van der Waals surface area (Å²) in [6.45, 7) is 4.09. The largest absolute Gasteiger partial charge is 0.368 e. The van der Waals surface area contributed by atoms with Crippen LogP contribution in [0.4, 0.5) is 0 Å². The molecule has 2 rings (SSSR count). The Morgan fingerprint density at radius 1 is 1.24 bits per heavy atom. The second kappa shape index (κ2) is 7.08. The van der Waals surface area contributed by atoms with Gasteiger partial charge >= 0.3 is 0 Å². The van der Waals surface area contributed by atoms with Crippen LogP contribution in [0.5, 0.6) is 0 Å². The van der Waals surface area contributed by atoms with Crippen LogP contribution in [0.15, 0.2) is 24.3 Å². The van der Waals surface area contributed by atoms with Crippen LogP contribution < -0.4 is 11.1 Å². The Balaban J connectivity index is 2.17. The third-order valence-electron chi connectivity index (χ3n) is 4.66. The Morgan fingerprint density at radius 3 is 2.38 bits per heavy atom. The highest BCUT2D eigenvalue weighted by molar-refractivity contribution is 5.85. The summed E-state index contributed by atoms with van der Waals surface area (Å²) in [5.74, 6) is -0.295. The predicted octanol–water partition coefficient (Wildman–Crippen LogP) is 3.26. The number of hydrogen-bond acceptors (Lipinski definition) is 2. The van der Waals surface area contributed by atoms with Gasteiger partial charge in [0.2, 0.25) is 5.91 Å². The summed E-state index contributed by atoms with van der Waals surface area (Å²) < 4.78 is 0. The molecule has 1 unspecified atom stereocenters. The number of aryl methyl sites for hydroxylation is 1. The first kappa shape index (κ1) is 16.0. The quantitative estimate of drug-likeness (QED) is 0.844. The minimum Gasteiger partial charge on any atom is -0.368 e. The van der Waals surface area contributed by atoms with Crippen LogP contribution in [0.25, 0.3) is 0 Å². The van der Waals surface area contributed by atoms with Crippen molar-refractivity contribution >= 4 is 5.91 Å². The number of amides is 1. The smallest absolute Gasteiger partial charge is 0.242 e. The van der Waals surface area contributed by atoms with Crippen molar-refractivity contribution in [1.82, 2.24) is 5.32 Å². The standard InChI is InChI=1S/C18H28N2O/c1-3-7-14-10-12-15(13-11-14)18(2,17(19)21)20-16-8-5-4-6-9-16/h10-13,16,20H,3-9H2,1-2H3,(H2,19,21). The highest BCUT2D eigenvalue weighted by Crippen LogP contribution is 2.26. The molecule has 1 atom stereocenters. The monoisotopic (exact) mass is 288 g/mol. The maximum Gasteiger partial charge on any atom is 0.242 e. The zero-order valence-electron chi connectivity index (χ0n) is 13.3. The molecular formula is C18H28N2O. The summed E-state index contributed by atoms with van der Waals surface area (Å²) in [6, 6.07) is 8.72. The lowest BCUT2D eigenvalue weighted by Gasteiger charge is -2.35. The highest BCUT2D eigenvalue weighted by Gasteiger charge is 2.35. The first-order chi connectivity index (χ1) is 10.1. The molecule has 0 spiro atoms. The molecule has 1 aliphatic carbocycles. The van der Waals surface area contributed by atoms with Crippen molar-refractivity contribution in [3.63, 3.8) is 0 Å². The van der Waals surface area contributed by atoms with Crippen molar-refractivity contribution in [2.45, 2.75) is 70.4 Å². The van der Waals surface area contributed by atoms with Gasteiger partial charge in [-0.05, 0) is 37.3 Å². The van der Waals surface area contributed by atoms with E-state index >= 15 is 0 Å². The Labute approximate surface area is 128 Å². The van der Waals surface area contributed by atoms with Gasteiger partial charge in [-0.2, -0.15) is 0 Å². The number of nitrogens with two attached hydrogens (primary N) is 1. The number of hydrogen-bond donors (Lipinski definition) is 2. The Hall–Kier alpha value is -1.35. The predicted molar refractivity (Wildman–Crippen MR) is 87.0 cm³/mol. The summed E-state index contributed by atoms with van der Waals surface area (Å²) in [7, 11) is 0. The molecular weight excluding hydrogens is 260 g/mol. The summed E-state index contributed by atoms with van der Waals surface area (Å²) in [5, 5.41) is 3.52. The van der Waals surface area contributed by atoms with E-state index in [4.69, 9.17) is 5.73 Å². The van der Waals surface area contributed by atoms with Crippen LogP contribution >= 0.6 is 0 Å². The van der Waals surface area contributed by atoms with E-state index in [1.165, 1.54) is 24.8 Å². The average Bonchev–Trinajstić information content (AvgIpc) is 2.49. The fourth-order valence-electron chi connectivity index (χ4n) is 3.25. The van der Waals surface area contributed by atoms with Crippen LogP contribution in [0.3, 0.4) is 0 Å². The average molecular weight is 288 g/mol. The summed E-state index contributed by atoms with van der Waals surface area (Å²) in [5.41, 5.74) is 7.23. The van der Waals surface area contributed by atoms with Crippen molar-refractivity contribution in [1.29, 1.82) is 0 Å². The van der Waals surface area contributed by atoms with Crippen molar-refractivity contribution in [3.8, 4) is 0 Å². The SMILES string of the molecule is CCCc1ccc(C(C)(NC2CCCCC2)C(N)=O)cc1. The summed E-state index contributed by atoms with van der Waals surface area (Å²) in [6.07, 6.45) is 8.25. The van der Waals surface area contributed by atoms with Gasteiger partial charge in [0.15, 0.2) is 0 Å². The molecule has 3 heteroatoms. The molecule has 1 aromatic carbocycles. The molecule has 1 fully saturated rings. The van der Waals surface area contributed by atoms with Gasteiger partial charge in [-0.15, -0.1) is 0 Å². The Bertz CT molecular complexity index is 463. The molecule has 0 heterocycles. The van der Waals surface area contributed by atoms with E-state index in [0.29, 0.717) is 6.04 Å². The molecule has 0 aliphatic heterocycles. The Kier molecular flexibility index (Phi) is 5.40. The zero-order chi connectivity index (χ0) is 15.3. The van der Waals surface area contributed by atoms with Gasteiger partial charge in [0.05, 0.1) is 0 Å². The minimum absolute atomic E-state index is 0.295. The van der Waals surface area contributed by atoms with Crippen LogP contribution in [-0.2, 0) is 16.8 Å². The van der Waals surface area contributed by atoms with Crippen LogP contribution in [0, 0.1) is 0 Å². The highest BCUT2D eigenvalue weighted by atomic mass is 16.1. The molecule has 1 amide bonds. The van der Waals surface area contributed by atoms with Crippen LogP contribution in [0.2, 0.25) is 0 Å². The summed E-state index contributed by atoms with van der Waals surface area (Å²) in [4.78, 5) is 12.1. The third-order valence-corrected chi connectivity index (χ3v) is 4.66. The molecule has 21 heavy (non-hydrogen) atoms. The molecule has 0 bridgehead atoms. The van der Waals surface area contributed by atoms with E-state index in [2.05, 4.69) is 24.4 Å². The van der Waals surface area contributed by atoms with Gasteiger partial charge in [-0.25, -0.2) is 0 Å². The fourth-order valence-corrected chi connectivity index (χ4v) is 3.25. The van der Waals surface area contributed by atoms with Gasteiger partial charge in [0, 0.05) is 6.04 Å². The van der Waals surface area contributed by atoms with Gasteiger partial charge in [0.1, 0.15) is 5.54 Å². The molecule has 0 saturated heterocycles. The van der Waals surface area contributed by atoms with E-state index in [1.54, 1.807) is 0 Å². The second-order valence-corrected chi connectivity index (χ2v) is 6.42. The topological polar surface area (TPSA) is 55.1 Å². The zero-order valence-corrected chi connectivity index (χ0v) is 13.3. The molecule has 1 saturated carbocycles. The number of nitrogens with one attached hydrogen (secondary N) is 1.